The number of ether oxygens (including phenoxy) is 2. The molecule has 0 spiro atoms. The average Bonchev–Trinajstić information content (AvgIpc) is 3.42. The molecule has 196 valence electrons. The van der Waals surface area contributed by atoms with E-state index in [-0.39, 0.29) is 34.2 Å². The van der Waals surface area contributed by atoms with E-state index in [2.05, 4.69) is 22.1 Å². The number of amides is 2. The van der Waals surface area contributed by atoms with Crippen LogP contribution in [0.3, 0.4) is 0 Å². The molecule has 0 fully saturated rings. The van der Waals surface area contributed by atoms with Crippen molar-refractivity contribution in [2.45, 2.75) is 31.7 Å². The van der Waals surface area contributed by atoms with Crippen LogP contribution in [0.1, 0.15) is 44.4 Å². The molecule has 0 aliphatic carbocycles. The Kier molecular flexibility index (Phi) is 9.48. The van der Waals surface area contributed by atoms with E-state index in [0.29, 0.717) is 33.7 Å². The minimum absolute atomic E-state index is 0.00226. The van der Waals surface area contributed by atoms with Crippen molar-refractivity contribution in [3.05, 3.63) is 64.8 Å². The molecule has 12 heteroatoms. The number of benzene rings is 1. The number of hydrogen-bond donors (Lipinski definition) is 1. The second kappa shape index (κ2) is 12.5. The first kappa shape index (κ1) is 27.9. The number of nitrogens with zero attached hydrogens (tertiary/aromatic N) is 4. The molecule has 1 aromatic carbocycles. The van der Waals surface area contributed by atoms with Crippen LogP contribution >= 0.6 is 23.1 Å². The number of aromatic nitrogens is 3. The maximum Gasteiger partial charge on any atom is 0.341 e. The number of esters is 1. The molecule has 1 atom stereocenters. The fourth-order valence-corrected chi connectivity index (χ4v) is 5.40. The monoisotopic (exact) mass is 543 g/mol. The minimum atomic E-state index is -0.628. The summed E-state index contributed by atoms with van der Waals surface area (Å²) in [4.78, 5) is 39.6. The van der Waals surface area contributed by atoms with E-state index in [9.17, 15) is 14.4 Å². The SMILES string of the molecule is C=CCn1c(SCC(=O)Nc2sc(C(=O)N(C)C)c(C)c2C(=O)OC)nnc1C(C)Oc1ccccc1. The van der Waals surface area contributed by atoms with Crippen LogP contribution in [0.4, 0.5) is 5.00 Å². The lowest BCUT2D eigenvalue weighted by Gasteiger charge is -2.15. The van der Waals surface area contributed by atoms with Gasteiger partial charge in [0.2, 0.25) is 5.91 Å². The predicted molar refractivity (Wildman–Crippen MR) is 143 cm³/mol. The van der Waals surface area contributed by atoms with Crippen molar-refractivity contribution in [3.63, 3.8) is 0 Å². The zero-order valence-corrected chi connectivity index (χ0v) is 22.9. The fraction of sp³-hybridized carbons (Fsp3) is 0.320. The predicted octanol–water partition coefficient (Wildman–Crippen LogP) is 4.19. The molecule has 2 amide bonds. The first-order chi connectivity index (χ1) is 17.7. The van der Waals surface area contributed by atoms with Gasteiger partial charge in [0.15, 0.2) is 17.1 Å². The standard InChI is InChI=1S/C25H29N5O5S2/c1-7-13-30-21(16(3)35-17-11-9-8-10-12-17)27-28-25(30)36-14-18(31)26-22-19(24(33)34-6)15(2)20(37-22)23(32)29(4)5/h7-12,16H,1,13-14H2,2-6H3,(H,26,31). The lowest BCUT2D eigenvalue weighted by atomic mass is 10.1. The lowest BCUT2D eigenvalue weighted by Crippen LogP contribution is -2.21. The third-order valence-electron chi connectivity index (χ3n) is 5.20. The van der Waals surface area contributed by atoms with E-state index < -0.39 is 5.97 Å². The Morgan fingerprint density at radius 2 is 1.95 bits per heavy atom. The summed E-state index contributed by atoms with van der Waals surface area (Å²) in [6.45, 7) is 7.76. The van der Waals surface area contributed by atoms with Crippen molar-refractivity contribution in [1.82, 2.24) is 19.7 Å². The molecule has 0 radical (unpaired) electrons. The highest BCUT2D eigenvalue weighted by Crippen LogP contribution is 2.34. The van der Waals surface area contributed by atoms with Crippen LogP contribution in [0.5, 0.6) is 5.75 Å². The molecule has 1 unspecified atom stereocenters. The highest BCUT2D eigenvalue weighted by Gasteiger charge is 2.27. The summed E-state index contributed by atoms with van der Waals surface area (Å²) in [5.41, 5.74) is 0.626. The molecule has 0 aliphatic heterocycles. The van der Waals surface area contributed by atoms with Crippen molar-refractivity contribution in [2.75, 3.05) is 32.3 Å². The number of hydrogen-bond acceptors (Lipinski definition) is 9. The summed E-state index contributed by atoms with van der Waals surface area (Å²) < 4.78 is 12.7. The third kappa shape index (κ3) is 6.57. The van der Waals surface area contributed by atoms with Crippen molar-refractivity contribution in [1.29, 1.82) is 0 Å². The van der Waals surface area contributed by atoms with E-state index in [1.165, 1.54) is 23.8 Å². The van der Waals surface area contributed by atoms with Crippen LogP contribution in [0.2, 0.25) is 0 Å². The molecular formula is C25H29N5O5S2. The topological polar surface area (TPSA) is 116 Å². The molecule has 0 saturated heterocycles. The molecule has 3 rings (SSSR count). The maximum absolute atomic E-state index is 12.8. The van der Waals surface area contributed by atoms with Crippen LogP contribution in [0, 0.1) is 6.92 Å². The maximum atomic E-state index is 12.8. The Bertz CT molecular complexity index is 1290. The van der Waals surface area contributed by atoms with Gasteiger partial charge in [0.25, 0.3) is 5.91 Å². The van der Waals surface area contributed by atoms with Gasteiger partial charge in [-0.1, -0.05) is 36.0 Å². The number of para-hydroxylation sites is 1. The Balaban J connectivity index is 1.76. The van der Waals surface area contributed by atoms with Gasteiger partial charge in [-0.05, 0) is 31.5 Å². The molecule has 2 heterocycles. The number of carbonyl (C=O) groups is 3. The van der Waals surface area contributed by atoms with Gasteiger partial charge < -0.3 is 19.7 Å². The van der Waals surface area contributed by atoms with Crippen LogP contribution in [0.15, 0.2) is 48.1 Å². The Morgan fingerprint density at radius 3 is 2.57 bits per heavy atom. The smallest absolute Gasteiger partial charge is 0.341 e. The lowest BCUT2D eigenvalue weighted by molar-refractivity contribution is -0.113. The van der Waals surface area contributed by atoms with Crippen LogP contribution < -0.4 is 10.1 Å². The quantitative estimate of drug-likeness (QED) is 0.217. The van der Waals surface area contributed by atoms with Gasteiger partial charge in [-0.2, -0.15) is 0 Å². The molecule has 10 nitrogen and oxygen atoms in total. The molecule has 37 heavy (non-hydrogen) atoms. The fourth-order valence-electron chi connectivity index (χ4n) is 3.41. The molecule has 2 aromatic heterocycles. The van der Waals surface area contributed by atoms with E-state index in [1.54, 1.807) is 27.1 Å². The molecule has 3 aromatic rings. The highest BCUT2D eigenvalue weighted by atomic mass is 32.2. The molecule has 0 bridgehead atoms. The summed E-state index contributed by atoms with van der Waals surface area (Å²) in [5.74, 6) is 0.0367. The summed E-state index contributed by atoms with van der Waals surface area (Å²) in [5, 5.41) is 12.1. The largest absolute Gasteiger partial charge is 0.483 e. The number of carbonyl (C=O) groups excluding carboxylic acids is 3. The molecule has 0 aliphatic rings. The number of allylic oxidation sites excluding steroid dienone is 1. The Morgan fingerprint density at radius 1 is 1.24 bits per heavy atom. The minimum Gasteiger partial charge on any atom is -0.483 e. The Labute approximate surface area is 223 Å². The van der Waals surface area contributed by atoms with Crippen LogP contribution in [-0.2, 0) is 16.1 Å². The van der Waals surface area contributed by atoms with Gasteiger partial charge in [-0.3, -0.25) is 14.2 Å². The van der Waals surface area contributed by atoms with Gasteiger partial charge in [-0.15, -0.1) is 28.1 Å². The zero-order chi connectivity index (χ0) is 27.1. The number of anilines is 1. The van der Waals surface area contributed by atoms with Crippen molar-refractivity contribution < 1.29 is 23.9 Å². The van der Waals surface area contributed by atoms with Gasteiger partial charge in [0.05, 0.1) is 23.3 Å². The molecule has 1 N–H and O–H groups in total. The van der Waals surface area contributed by atoms with Gasteiger partial charge in [0.1, 0.15) is 10.8 Å². The summed E-state index contributed by atoms with van der Waals surface area (Å²) in [7, 11) is 4.49. The van der Waals surface area contributed by atoms with E-state index in [4.69, 9.17) is 9.47 Å². The first-order valence-corrected chi connectivity index (χ1v) is 13.1. The summed E-state index contributed by atoms with van der Waals surface area (Å²) >= 11 is 2.23. The van der Waals surface area contributed by atoms with E-state index >= 15 is 0 Å². The normalized spacial score (nSPS) is 11.5. The van der Waals surface area contributed by atoms with Crippen molar-refractivity contribution >= 4 is 45.9 Å². The second-order valence-corrected chi connectivity index (χ2v) is 10.1. The van der Waals surface area contributed by atoms with Crippen LogP contribution in [-0.4, -0.2) is 64.4 Å². The number of methoxy groups -OCH3 is 1. The van der Waals surface area contributed by atoms with Crippen LogP contribution in [0.25, 0.3) is 0 Å². The first-order valence-electron chi connectivity index (χ1n) is 11.3. The Hall–Kier alpha value is -3.64. The van der Waals surface area contributed by atoms with E-state index in [0.717, 1.165) is 11.3 Å². The third-order valence-corrected chi connectivity index (χ3v) is 7.36. The highest BCUT2D eigenvalue weighted by molar-refractivity contribution is 7.99. The van der Waals surface area contributed by atoms with E-state index in [1.807, 2.05) is 41.8 Å². The number of thioether (sulfide) groups is 1. The van der Waals surface area contributed by atoms with Gasteiger partial charge >= 0.3 is 5.97 Å². The summed E-state index contributed by atoms with van der Waals surface area (Å²) in [6.07, 6.45) is 1.33. The zero-order valence-electron chi connectivity index (χ0n) is 21.3. The average molecular weight is 544 g/mol. The van der Waals surface area contributed by atoms with Gasteiger partial charge in [0, 0.05) is 20.6 Å². The number of nitrogens with one attached hydrogen (secondary N) is 1. The van der Waals surface area contributed by atoms with Crippen molar-refractivity contribution in [2.24, 2.45) is 0 Å². The number of rotatable bonds is 11. The molecule has 0 saturated carbocycles. The number of thiophene rings is 1. The molecular weight excluding hydrogens is 514 g/mol. The van der Waals surface area contributed by atoms with Gasteiger partial charge in [-0.25, -0.2) is 4.79 Å². The van der Waals surface area contributed by atoms with Crippen molar-refractivity contribution in [3.8, 4) is 5.75 Å². The summed E-state index contributed by atoms with van der Waals surface area (Å²) in [6, 6.07) is 9.39. The second-order valence-electron chi connectivity index (χ2n) is 8.10.